The molecule has 174 valence electrons. The maximum Gasteiger partial charge on any atom is 0.261 e. The van der Waals surface area contributed by atoms with Crippen molar-refractivity contribution in [3.63, 3.8) is 0 Å². The number of methoxy groups -OCH3 is 2. The number of hydrogen-bond acceptors (Lipinski definition) is 6. The van der Waals surface area contributed by atoms with Gasteiger partial charge in [0.25, 0.3) is 5.91 Å². The maximum absolute atomic E-state index is 12.7. The molecule has 1 amide bonds. The zero-order valence-corrected chi connectivity index (χ0v) is 19.8. The first kappa shape index (κ1) is 22.4. The van der Waals surface area contributed by atoms with E-state index in [4.69, 9.17) is 26.1 Å². The van der Waals surface area contributed by atoms with Crippen LogP contribution < -0.4 is 20.1 Å². The van der Waals surface area contributed by atoms with Crippen LogP contribution in [0.2, 0.25) is 0 Å². The second kappa shape index (κ2) is 9.44. The first-order valence-electron chi connectivity index (χ1n) is 10.8. The van der Waals surface area contributed by atoms with Gasteiger partial charge >= 0.3 is 0 Å². The molecule has 7 nitrogen and oxygen atoms in total. The number of benzene rings is 4. The average Bonchev–Trinajstić information content (AvgIpc) is 3.31. The minimum Gasteiger partial charge on any atom is -0.497 e. The summed E-state index contributed by atoms with van der Waals surface area (Å²) in [6, 6.07) is 24.5. The van der Waals surface area contributed by atoms with E-state index in [-0.39, 0.29) is 5.11 Å². The number of oxazole rings is 1. The quantitative estimate of drug-likeness (QED) is 0.306. The molecule has 8 heteroatoms. The van der Waals surface area contributed by atoms with E-state index in [9.17, 15) is 4.79 Å². The maximum atomic E-state index is 12.7. The molecule has 0 atom stereocenters. The number of nitrogens with one attached hydrogen (secondary N) is 2. The van der Waals surface area contributed by atoms with Crippen LogP contribution in [-0.2, 0) is 0 Å². The monoisotopic (exact) mass is 483 g/mol. The van der Waals surface area contributed by atoms with Crippen molar-refractivity contribution in [1.82, 2.24) is 10.3 Å². The molecule has 2 N–H and O–H groups in total. The van der Waals surface area contributed by atoms with Crippen molar-refractivity contribution in [3.8, 4) is 23.0 Å². The van der Waals surface area contributed by atoms with Crippen LogP contribution in [0.4, 0.5) is 5.69 Å². The Morgan fingerprint density at radius 3 is 2.60 bits per heavy atom. The molecule has 1 aromatic heterocycles. The lowest BCUT2D eigenvalue weighted by atomic mass is 10.0. The molecule has 0 unspecified atom stereocenters. The number of amides is 1. The van der Waals surface area contributed by atoms with E-state index in [1.165, 1.54) is 7.11 Å². The Balaban J connectivity index is 1.35. The van der Waals surface area contributed by atoms with Gasteiger partial charge in [0.2, 0.25) is 5.89 Å². The van der Waals surface area contributed by atoms with E-state index in [1.807, 2.05) is 48.5 Å². The summed E-state index contributed by atoms with van der Waals surface area (Å²) in [5, 5.41) is 8.02. The van der Waals surface area contributed by atoms with Crippen LogP contribution in [0.25, 0.3) is 33.3 Å². The molecule has 0 saturated heterocycles. The predicted molar refractivity (Wildman–Crippen MR) is 140 cm³/mol. The average molecular weight is 484 g/mol. The van der Waals surface area contributed by atoms with Crippen molar-refractivity contribution < 1.29 is 18.7 Å². The minimum absolute atomic E-state index is 0.144. The van der Waals surface area contributed by atoms with Gasteiger partial charge in [-0.3, -0.25) is 10.1 Å². The van der Waals surface area contributed by atoms with Gasteiger partial charge in [-0.05, 0) is 59.4 Å². The van der Waals surface area contributed by atoms with Crippen LogP contribution >= 0.6 is 12.2 Å². The molecule has 0 aliphatic carbocycles. The Morgan fingerprint density at radius 1 is 0.943 bits per heavy atom. The summed E-state index contributed by atoms with van der Waals surface area (Å²) in [6.45, 7) is 0. The fourth-order valence-corrected chi connectivity index (χ4v) is 4.06. The molecule has 0 aliphatic heterocycles. The lowest BCUT2D eigenvalue weighted by Crippen LogP contribution is -2.34. The summed E-state index contributed by atoms with van der Waals surface area (Å²) in [6.07, 6.45) is 0. The Kier molecular flexibility index (Phi) is 6.03. The molecule has 0 aliphatic rings. The number of anilines is 1. The standard InChI is InChI=1S/C27H21N3O4S/c1-32-18-11-12-21(24(15-18)33-2)25(31)30-27(35)28-17-10-13-23-22(14-17)29-26(34-23)20-9-5-7-16-6-3-4-8-19(16)20/h3-15H,1-2H3,(H2,28,30,31,35). The van der Waals surface area contributed by atoms with Gasteiger partial charge < -0.3 is 19.2 Å². The molecule has 5 aromatic rings. The van der Waals surface area contributed by atoms with Gasteiger partial charge in [0.1, 0.15) is 17.0 Å². The smallest absolute Gasteiger partial charge is 0.261 e. The van der Waals surface area contributed by atoms with Gasteiger partial charge in [-0.2, -0.15) is 0 Å². The third kappa shape index (κ3) is 4.51. The highest BCUT2D eigenvalue weighted by Gasteiger charge is 2.16. The lowest BCUT2D eigenvalue weighted by molar-refractivity contribution is 0.0974. The van der Waals surface area contributed by atoms with E-state index < -0.39 is 5.91 Å². The molecule has 5 rings (SSSR count). The highest BCUT2D eigenvalue weighted by molar-refractivity contribution is 7.80. The molecule has 0 fully saturated rings. The first-order chi connectivity index (χ1) is 17.1. The number of fused-ring (bicyclic) bond motifs is 2. The Labute approximate surface area is 206 Å². The predicted octanol–water partition coefficient (Wildman–Crippen LogP) is 5.79. The summed E-state index contributed by atoms with van der Waals surface area (Å²) in [7, 11) is 3.03. The second-order valence-corrected chi connectivity index (χ2v) is 8.11. The number of aromatic nitrogens is 1. The molecule has 0 saturated carbocycles. The summed E-state index contributed by atoms with van der Waals surface area (Å²) < 4.78 is 16.5. The van der Waals surface area contributed by atoms with Crippen molar-refractivity contribution in [2.24, 2.45) is 0 Å². The number of hydrogen-bond donors (Lipinski definition) is 2. The zero-order valence-electron chi connectivity index (χ0n) is 19.0. The fraction of sp³-hybridized carbons (Fsp3) is 0.0741. The van der Waals surface area contributed by atoms with Crippen LogP contribution in [0.15, 0.2) is 83.3 Å². The zero-order chi connectivity index (χ0) is 24.4. The number of nitrogens with zero attached hydrogens (tertiary/aromatic N) is 1. The van der Waals surface area contributed by atoms with Gasteiger partial charge in [-0.25, -0.2) is 4.98 Å². The topological polar surface area (TPSA) is 85.6 Å². The van der Waals surface area contributed by atoms with Crippen LogP contribution in [0.5, 0.6) is 11.5 Å². The molecule has 35 heavy (non-hydrogen) atoms. The van der Waals surface area contributed by atoms with E-state index in [1.54, 1.807) is 25.3 Å². The van der Waals surface area contributed by atoms with Crippen LogP contribution in [0.1, 0.15) is 10.4 Å². The Bertz CT molecular complexity index is 1570. The SMILES string of the molecule is COc1ccc(C(=O)NC(=S)Nc2ccc3oc(-c4cccc5ccccc45)nc3c2)c(OC)c1. The van der Waals surface area contributed by atoms with Gasteiger partial charge in [-0.1, -0.05) is 36.4 Å². The van der Waals surface area contributed by atoms with Crippen LogP contribution in [0, 0.1) is 0 Å². The molecule has 0 radical (unpaired) electrons. The Morgan fingerprint density at radius 2 is 1.77 bits per heavy atom. The number of carbonyl (C=O) groups excluding carboxylic acids is 1. The third-order valence-corrected chi connectivity index (χ3v) is 5.75. The van der Waals surface area contributed by atoms with Crippen molar-refractivity contribution in [2.75, 3.05) is 19.5 Å². The van der Waals surface area contributed by atoms with E-state index in [0.717, 1.165) is 16.3 Å². The molecular formula is C27H21N3O4S. The molecular weight excluding hydrogens is 462 g/mol. The molecule has 0 bridgehead atoms. The van der Waals surface area contributed by atoms with Crippen molar-refractivity contribution in [2.45, 2.75) is 0 Å². The first-order valence-corrected chi connectivity index (χ1v) is 11.2. The molecule has 1 heterocycles. The van der Waals surface area contributed by atoms with Gasteiger partial charge in [0.05, 0.1) is 19.8 Å². The van der Waals surface area contributed by atoms with Gasteiger partial charge in [0, 0.05) is 17.3 Å². The van der Waals surface area contributed by atoms with E-state index in [0.29, 0.717) is 39.7 Å². The van der Waals surface area contributed by atoms with Crippen molar-refractivity contribution in [3.05, 3.63) is 84.4 Å². The summed E-state index contributed by atoms with van der Waals surface area (Å²) in [5.41, 5.74) is 3.25. The van der Waals surface area contributed by atoms with Crippen LogP contribution in [-0.4, -0.2) is 30.2 Å². The summed E-state index contributed by atoms with van der Waals surface area (Å²) >= 11 is 5.35. The van der Waals surface area contributed by atoms with Crippen molar-refractivity contribution >= 4 is 50.8 Å². The lowest BCUT2D eigenvalue weighted by Gasteiger charge is -2.12. The molecule has 4 aromatic carbocycles. The largest absolute Gasteiger partial charge is 0.497 e. The summed E-state index contributed by atoms with van der Waals surface area (Å²) in [4.78, 5) is 17.4. The highest BCUT2D eigenvalue weighted by atomic mass is 32.1. The second-order valence-electron chi connectivity index (χ2n) is 7.70. The number of carbonyl (C=O) groups is 1. The number of ether oxygens (including phenoxy) is 2. The molecule has 0 spiro atoms. The highest BCUT2D eigenvalue weighted by Crippen LogP contribution is 2.31. The summed E-state index contributed by atoms with van der Waals surface area (Å²) in [5.74, 6) is 1.11. The third-order valence-electron chi connectivity index (χ3n) is 5.55. The minimum atomic E-state index is -0.400. The van der Waals surface area contributed by atoms with Gasteiger partial charge in [-0.15, -0.1) is 0 Å². The number of rotatable bonds is 5. The van der Waals surface area contributed by atoms with E-state index >= 15 is 0 Å². The van der Waals surface area contributed by atoms with Crippen molar-refractivity contribution in [1.29, 1.82) is 0 Å². The Hall–Kier alpha value is -4.43. The van der Waals surface area contributed by atoms with E-state index in [2.05, 4.69) is 27.8 Å². The normalized spacial score (nSPS) is 10.8. The van der Waals surface area contributed by atoms with Gasteiger partial charge in [0.15, 0.2) is 10.7 Å². The van der Waals surface area contributed by atoms with Crippen LogP contribution in [0.3, 0.4) is 0 Å². The number of thiocarbonyl (C=S) groups is 1. The fourth-order valence-electron chi connectivity index (χ4n) is 3.85.